The van der Waals surface area contributed by atoms with E-state index >= 15 is 0 Å². The lowest BCUT2D eigenvalue weighted by Gasteiger charge is -2.43. The van der Waals surface area contributed by atoms with E-state index in [0.29, 0.717) is 26.2 Å². The summed E-state index contributed by atoms with van der Waals surface area (Å²) < 4.78 is 23.5. The number of carbonyl (C=O) groups excluding carboxylic acids is 2. The van der Waals surface area contributed by atoms with Gasteiger partial charge >= 0.3 is 5.97 Å². The van der Waals surface area contributed by atoms with Crippen molar-refractivity contribution in [3.8, 4) is 5.75 Å². The van der Waals surface area contributed by atoms with Gasteiger partial charge in [0, 0.05) is 17.9 Å². The Labute approximate surface area is 261 Å². The van der Waals surface area contributed by atoms with Crippen LogP contribution in [0, 0.1) is 16.7 Å². The molecule has 7 heteroatoms. The predicted molar refractivity (Wildman–Crippen MR) is 174 cm³/mol. The molecule has 0 heterocycles. The Balaban J connectivity index is 1.37. The number of ketones is 1. The Morgan fingerprint density at radius 1 is 0.909 bits per heavy atom. The van der Waals surface area contributed by atoms with Crippen LogP contribution < -0.4 is 15.1 Å². The minimum Gasteiger partial charge on any atom is -0.497 e. The van der Waals surface area contributed by atoms with Gasteiger partial charge in [-0.15, -0.1) is 0 Å². The average Bonchev–Trinajstić information content (AvgIpc) is 3.50. The number of rotatable bonds is 13. The van der Waals surface area contributed by atoms with Crippen LogP contribution in [0.1, 0.15) is 32.8 Å². The van der Waals surface area contributed by atoms with E-state index in [1.54, 1.807) is 13.2 Å². The lowest BCUT2D eigenvalue weighted by Crippen LogP contribution is -2.66. The zero-order chi connectivity index (χ0) is 31.4. The highest BCUT2D eigenvalue weighted by molar-refractivity contribution is 6.99. The maximum atomic E-state index is 13.3. The van der Waals surface area contributed by atoms with Crippen LogP contribution in [0.15, 0.2) is 109 Å². The summed E-state index contributed by atoms with van der Waals surface area (Å²) in [6.45, 7) is 7.91. The van der Waals surface area contributed by atoms with E-state index in [1.165, 1.54) is 17.5 Å². The molecule has 3 atom stereocenters. The molecule has 230 valence electrons. The summed E-state index contributed by atoms with van der Waals surface area (Å²) in [7, 11) is 0.208. The number of hydrogen-bond donors (Lipinski definition) is 0. The van der Waals surface area contributed by atoms with Gasteiger partial charge in [-0.1, -0.05) is 112 Å². The molecule has 0 bridgehead atoms. The highest BCUT2D eigenvalue weighted by Gasteiger charge is 2.84. The molecular formula is C37H42O6Si. The van der Waals surface area contributed by atoms with Crippen LogP contribution in [-0.2, 0) is 30.1 Å². The number of fused-ring (bicyclic) bond motifs is 1. The Morgan fingerprint density at radius 2 is 1.52 bits per heavy atom. The molecule has 44 heavy (non-hydrogen) atoms. The van der Waals surface area contributed by atoms with Crippen molar-refractivity contribution in [1.29, 1.82) is 0 Å². The van der Waals surface area contributed by atoms with Crippen molar-refractivity contribution in [2.45, 2.75) is 38.8 Å². The monoisotopic (exact) mass is 610 g/mol. The van der Waals surface area contributed by atoms with Crippen LogP contribution in [0.5, 0.6) is 5.75 Å². The van der Waals surface area contributed by atoms with Gasteiger partial charge < -0.3 is 18.6 Å². The van der Waals surface area contributed by atoms with Crippen LogP contribution in [0.25, 0.3) is 0 Å². The fourth-order valence-electron chi connectivity index (χ4n) is 7.19. The number of esters is 1. The van der Waals surface area contributed by atoms with Gasteiger partial charge in [-0.05, 0) is 45.6 Å². The topological polar surface area (TPSA) is 71.1 Å². The van der Waals surface area contributed by atoms with Gasteiger partial charge in [0.1, 0.15) is 11.2 Å². The third kappa shape index (κ3) is 5.27. The van der Waals surface area contributed by atoms with Crippen molar-refractivity contribution < 1.29 is 28.2 Å². The van der Waals surface area contributed by atoms with Crippen LogP contribution in [-0.4, -0.2) is 47.5 Å². The second-order valence-corrected chi connectivity index (χ2v) is 16.9. The maximum Gasteiger partial charge on any atom is 0.321 e. The van der Waals surface area contributed by atoms with Crippen LogP contribution in [0.3, 0.4) is 0 Å². The molecule has 0 saturated heterocycles. The van der Waals surface area contributed by atoms with Crippen molar-refractivity contribution >= 4 is 30.4 Å². The van der Waals surface area contributed by atoms with Crippen LogP contribution >= 0.6 is 0 Å². The van der Waals surface area contributed by atoms with E-state index in [4.69, 9.17) is 18.6 Å². The van der Waals surface area contributed by atoms with E-state index < -0.39 is 25.1 Å². The summed E-state index contributed by atoms with van der Waals surface area (Å²) in [5, 5.41) is 2.20. The van der Waals surface area contributed by atoms with E-state index in [-0.39, 0.29) is 16.7 Å². The van der Waals surface area contributed by atoms with Crippen molar-refractivity contribution in [2.24, 2.45) is 16.7 Å². The molecule has 3 aromatic rings. The highest BCUT2D eigenvalue weighted by Crippen LogP contribution is 2.76. The third-order valence-corrected chi connectivity index (χ3v) is 14.4. The van der Waals surface area contributed by atoms with Gasteiger partial charge in [0.2, 0.25) is 0 Å². The molecule has 1 saturated carbocycles. The van der Waals surface area contributed by atoms with Gasteiger partial charge in [0.05, 0.1) is 27.4 Å². The number of benzene rings is 3. The Morgan fingerprint density at radius 3 is 2.07 bits per heavy atom. The Kier molecular flexibility index (Phi) is 9.11. The van der Waals surface area contributed by atoms with Gasteiger partial charge in [0.15, 0.2) is 5.78 Å². The lowest BCUT2D eigenvalue weighted by atomic mass is 9.92. The minimum atomic E-state index is -2.78. The smallest absolute Gasteiger partial charge is 0.321 e. The van der Waals surface area contributed by atoms with Crippen molar-refractivity contribution in [3.63, 3.8) is 0 Å². The fraction of sp³-hybridized carbons (Fsp3) is 0.351. The van der Waals surface area contributed by atoms with E-state index in [2.05, 4.69) is 69.3 Å². The summed E-state index contributed by atoms with van der Waals surface area (Å²) in [6.07, 6.45) is 7.83. The summed E-state index contributed by atoms with van der Waals surface area (Å²) in [4.78, 5) is 26.6. The van der Waals surface area contributed by atoms with Crippen molar-refractivity contribution in [2.75, 3.05) is 27.4 Å². The summed E-state index contributed by atoms with van der Waals surface area (Å²) in [6, 6.07) is 28.7. The van der Waals surface area contributed by atoms with Crippen LogP contribution in [0.2, 0.25) is 5.04 Å². The summed E-state index contributed by atoms with van der Waals surface area (Å²) in [5.41, 5.74) is -0.929. The molecule has 0 N–H and O–H groups in total. The SMILES string of the molecule is COC(=O)[C@]12C(=O)C=CC1(CCO[Si](c1ccccc1)(c1ccccc1)C(C)(C)C)[C@@H]2/C=C/COCc1ccc(OC)cc1. The molecule has 3 aromatic carbocycles. The Hall–Kier alpha value is -3.78. The second kappa shape index (κ2) is 12.7. The number of ether oxygens (including phenoxy) is 3. The largest absolute Gasteiger partial charge is 0.497 e. The summed E-state index contributed by atoms with van der Waals surface area (Å²) >= 11 is 0. The standard InChI is InChI=1S/C37H42O6Si/c1-35(2,3)44(30-13-8-6-9-14-30,31-15-10-7-11-16-31)43-26-24-36-23-22-33(38)37(36,34(39)41-5)32(36)17-12-25-42-27-28-18-20-29(40-4)21-19-28/h6-23,32H,24-27H2,1-5H3/b17-12+/t32-,36?,37-/m0/s1. The molecular weight excluding hydrogens is 568 g/mol. The van der Waals surface area contributed by atoms with Gasteiger partial charge in [-0.2, -0.15) is 0 Å². The second-order valence-electron chi connectivity index (χ2n) is 12.6. The van der Waals surface area contributed by atoms with Gasteiger partial charge in [0.25, 0.3) is 8.32 Å². The minimum absolute atomic E-state index is 0.182. The van der Waals surface area contributed by atoms with E-state index in [0.717, 1.165) is 11.3 Å². The zero-order valence-electron chi connectivity index (χ0n) is 26.2. The van der Waals surface area contributed by atoms with Crippen molar-refractivity contribution in [1.82, 2.24) is 0 Å². The molecule has 5 rings (SSSR count). The molecule has 1 fully saturated rings. The van der Waals surface area contributed by atoms with E-state index in [9.17, 15) is 9.59 Å². The number of hydrogen-bond acceptors (Lipinski definition) is 6. The normalized spacial score (nSPS) is 22.7. The molecule has 0 amide bonds. The molecule has 0 radical (unpaired) electrons. The predicted octanol–water partition coefficient (Wildman–Crippen LogP) is 5.65. The number of methoxy groups -OCH3 is 2. The molecule has 6 nitrogen and oxygen atoms in total. The number of allylic oxidation sites excluding steroid dienone is 3. The molecule has 0 aromatic heterocycles. The maximum absolute atomic E-state index is 13.3. The lowest BCUT2D eigenvalue weighted by molar-refractivity contribution is -0.151. The molecule has 0 aliphatic heterocycles. The van der Waals surface area contributed by atoms with E-state index in [1.807, 2.05) is 54.6 Å². The highest BCUT2D eigenvalue weighted by atomic mass is 28.4. The van der Waals surface area contributed by atoms with Gasteiger partial charge in [-0.3, -0.25) is 9.59 Å². The van der Waals surface area contributed by atoms with Gasteiger partial charge in [-0.25, -0.2) is 0 Å². The molecule has 2 aliphatic rings. The molecule has 2 aliphatic carbocycles. The fourth-order valence-corrected chi connectivity index (χ4v) is 11.7. The quantitative estimate of drug-likeness (QED) is 0.0819. The summed E-state index contributed by atoms with van der Waals surface area (Å²) in [5.74, 6) is -0.230. The average molecular weight is 611 g/mol. The first-order valence-electron chi connectivity index (χ1n) is 15.1. The first-order valence-corrected chi connectivity index (χ1v) is 17.0. The first-order chi connectivity index (χ1) is 21.2. The zero-order valence-corrected chi connectivity index (χ0v) is 27.2. The number of carbonyl (C=O) groups is 2. The van der Waals surface area contributed by atoms with Crippen molar-refractivity contribution in [3.05, 3.63) is 115 Å². The molecule has 1 unspecified atom stereocenters. The Bertz CT molecular complexity index is 1470. The molecule has 0 spiro atoms. The third-order valence-electron chi connectivity index (χ3n) is 9.32. The van der Waals surface area contributed by atoms with Crippen LogP contribution in [0.4, 0.5) is 0 Å². The first kappa shape index (κ1) is 31.6.